The Morgan fingerprint density at radius 1 is 1.18 bits per heavy atom. The van der Waals surface area contributed by atoms with Gasteiger partial charge in [0, 0.05) is 6.04 Å². The monoisotopic (exact) mass is 354 g/mol. The van der Waals surface area contributed by atoms with Gasteiger partial charge in [0.2, 0.25) is 0 Å². The van der Waals surface area contributed by atoms with Crippen molar-refractivity contribution in [2.24, 2.45) is 0 Å². The molecule has 0 radical (unpaired) electrons. The van der Waals surface area contributed by atoms with Gasteiger partial charge >= 0.3 is 5.97 Å². The molecule has 22 heavy (non-hydrogen) atoms. The first-order valence-corrected chi connectivity index (χ1v) is 8.47. The number of rotatable bonds is 7. The lowest BCUT2D eigenvalue weighted by molar-refractivity contribution is -0.151. The number of piperidine rings is 1. The number of carbonyl (C=O) groups is 1. The Labute approximate surface area is 147 Å². The first kappa shape index (κ1) is 22.0. The molecule has 0 spiro atoms. The lowest BCUT2D eigenvalue weighted by Gasteiger charge is -2.28. The van der Waals surface area contributed by atoms with E-state index in [4.69, 9.17) is 4.74 Å². The third-order valence-corrected chi connectivity index (χ3v) is 4.49. The van der Waals surface area contributed by atoms with Crippen molar-refractivity contribution in [3.05, 3.63) is 0 Å². The van der Waals surface area contributed by atoms with Crippen LogP contribution in [0.1, 0.15) is 64.7 Å². The van der Waals surface area contributed by atoms with Crippen LogP contribution in [0.3, 0.4) is 0 Å². The molecule has 2 aliphatic rings. The molecule has 1 saturated carbocycles. The van der Waals surface area contributed by atoms with Gasteiger partial charge in [0.15, 0.2) is 0 Å². The summed E-state index contributed by atoms with van der Waals surface area (Å²) in [5.41, 5.74) is 0. The zero-order valence-electron chi connectivity index (χ0n) is 13.6. The second kappa shape index (κ2) is 12.4. The average Bonchev–Trinajstić information content (AvgIpc) is 2.97. The fourth-order valence-electron chi connectivity index (χ4n) is 3.20. The average molecular weight is 355 g/mol. The quantitative estimate of drug-likeness (QED) is 0.689. The molecule has 1 aliphatic heterocycles. The van der Waals surface area contributed by atoms with Gasteiger partial charge in [-0.3, -0.25) is 4.79 Å². The number of hydrogen-bond acceptors (Lipinski definition) is 4. The predicted octanol–water partition coefficient (Wildman–Crippen LogP) is 3.22. The number of hydrogen-bond donors (Lipinski definition) is 2. The lowest BCUT2D eigenvalue weighted by Crippen LogP contribution is -2.48. The third kappa shape index (κ3) is 7.49. The van der Waals surface area contributed by atoms with E-state index in [9.17, 15) is 4.79 Å². The van der Waals surface area contributed by atoms with E-state index in [0.717, 1.165) is 58.0 Å². The van der Waals surface area contributed by atoms with Gasteiger partial charge < -0.3 is 15.4 Å². The molecule has 1 atom stereocenters. The molecule has 4 nitrogen and oxygen atoms in total. The molecule has 2 rings (SSSR count). The number of ether oxygens (including phenoxy) is 1. The predicted molar refractivity (Wildman–Crippen MR) is 95.2 cm³/mol. The molecular formula is C16H32Cl2N2O2. The van der Waals surface area contributed by atoms with Gasteiger partial charge in [0.25, 0.3) is 0 Å². The lowest BCUT2D eigenvalue weighted by atomic mass is 10.0. The summed E-state index contributed by atoms with van der Waals surface area (Å²) in [6, 6.07) is 0.368. The van der Waals surface area contributed by atoms with Crippen LogP contribution >= 0.6 is 24.8 Å². The van der Waals surface area contributed by atoms with Crippen LogP contribution in [0.15, 0.2) is 0 Å². The third-order valence-electron chi connectivity index (χ3n) is 4.49. The number of nitrogens with one attached hydrogen (secondary N) is 2. The van der Waals surface area contributed by atoms with E-state index in [1.807, 2.05) is 0 Å². The van der Waals surface area contributed by atoms with Crippen molar-refractivity contribution in [1.82, 2.24) is 10.6 Å². The molecule has 1 saturated heterocycles. The minimum Gasteiger partial charge on any atom is -0.461 e. The highest BCUT2D eigenvalue weighted by Crippen LogP contribution is 2.22. The Kier molecular flexibility index (Phi) is 12.4. The van der Waals surface area contributed by atoms with Gasteiger partial charge in [-0.05, 0) is 58.0 Å². The van der Waals surface area contributed by atoms with Gasteiger partial charge in [-0.1, -0.05) is 19.8 Å². The van der Waals surface area contributed by atoms with Gasteiger partial charge in [-0.2, -0.15) is 0 Å². The second-order valence-electron chi connectivity index (χ2n) is 6.23. The molecule has 1 heterocycles. The molecule has 0 bridgehead atoms. The molecule has 0 unspecified atom stereocenters. The van der Waals surface area contributed by atoms with E-state index in [0.29, 0.717) is 6.04 Å². The Morgan fingerprint density at radius 3 is 2.41 bits per heavy atom. The first-order valence-electron chi connectivity index (χ1n) is 8.47. The van der Waals surface area contributed by atoms with Crippen molar-refractivity contribution >= 4 is 30.8 Å². The Bertz CT molecular complexity index is 294. The molecule has 0 aromatic carbocycles. The number of esters is 1. The summed E-state index contributed by atoms with van der Waals surface area (Å²) in [7, 11) is 0. The van der Waals surface area contributed by atoms with Crippen LogP contribution in [0.2, 0.25) is 0 Å². The number of carbonyl (C=O) groups excluding carboxylic acids is 1. The number of unbranched alkanes of at least 4 members (excludes halogenated alkanes) is 1. The fraction of sp³-hybridized carbons (Fsp3) is 0.938. The van der Waals surface area contributed by atoms with E-state index in [1.165, 1.54) is 12.8 Å². The molecular weight excluding hydrogens is 323 g/mol. The maximum absolute atomic E-state index is 12.4. The maximum atomic E-state index is 12.4. The highest BCUT2D eigenvalue weighted by Gasteiger charge is 2.27. The summed E-state index contributed by atoms with van der Waals surface area (Å²) in [4.78, 5) is 12.4. The molecule has 132 valence electrons. The summed E-state index contributed by atoms with van der Waals surface area (Å²) >= 11 is 0. The molecule has 2 fully saturated rings. The van der Waals surface area contributed by atoms with Crippen LogP contribution in [-0.4, -0.2) is 37.2 Å². The van der Waals surface area contributed by atoms with Crippen molar-refractivity contribution in [2.75, 3.05) is 13.1 Å². The Morgan fingerprint density at radius 2 is 1.82 bits per heavy atom. The molecule has 2 N–H and O–H groups in total. The minimum atomic E-state index is -0.0985. The van der Waals surface area contributed by atoms with E-state index in [2.05, 4.69) is 17.6 Å². The molecule has 6 heteroatoms. The van der Waals surface area contributed by atoms with Crippen molar-refractivity contribution in [2.45, 2.75) is 82.9 Å². The second-order valence-corrected chi connectivity index (χ2v) is 6.23. The summed E-state index contributed by atoms with van der Waals surface area (Å²) in [5.74, 6) is -0.0103. The van der Waals surface area contributed by atoms with Gasteiger partial charge in [-0.25, -0.2) is 0 Å². The zero-order valence-corrected chi connectivity index (χ0v) is 15.3. The largest absolute Gasteiger partial charge is 0.461 e. The Balaban J connectivity index is 0.00000220. The highest BCUT2D eigenvalue weighted by atomic mass is 35.5. The Hall–Kier alpha value is -0.0300. The molecule has 1 aliphatic carbocycles. The number of halogens is 2. The molecule has 0 aromatic heterocycles. The van der Waals surface area contributed by atoms with Crippen molar-refractivity contribution < 1.29 is 9.53 Å². The summed E-state index contributed by atoms with van der Waals surface area (Å²) < 4.78 is 5.69. The zero-order chi connectivity index (χ0) is 14.2. The van der Waals surface area contributed by atoms with Gasteiger partial charge in [-0.15, -0.1) is 24.8 Å². The van der Waals surface area contributed by atoms with Crippen LogP contribution in [0.5, 0.6) is 0 Å². The summed E-state index contributed by atoms with van der Waals surface area (Å²) in [6.07, 6.45) is 10.0. The van der Waals surface area contributed by atoms with Crippen molar-refractivity contribution in [3.8, 4) is 0 Å². The van der Waals surface area contributed by atoms with Crippen LogP contribution in [0, 0.1) is 0 Å². The van der Waals surface area contributed by atoms with E-state index < -0.39 is 0 Å². The van der Waals surface area contributed by atoms with Crippen LogP contribution < -0.4 is 10.6 Å². The van der Waals surface area contributed by atoms with Crippen LogP contribution in [-0.2, 0) is 9.53 Å². The first-order chi connectivity index (χ1) is 9.79. The van der Waals surface area contributed by atoms with Crippen molar-refractivity contribution in [1.29, 1.82) is 0 Å². The van der Waals surface area contributed by atoms with Crippen LogP contribution in [0.4, 0.5) is 0 Å². The normalized spacial score (nSPS) is 20.8. The van der Waals surface area contributed by atoms with E-state index >= 15 is 0 Å². The fourth-order valence-corrected chi connectivity index (χ4v) is 3.20. The SMILES string of the molecule is CCCC[C@H](NC1CCNCC1)C(=O)OC1CCCC1.Cl.Cl. The van der Waals surface area contributed by atoms with Crippen molar-refractivity contribution in [3.63, 3.8) is 0 Å². The highest BCUT2D eigenvalue weighted by molar-refractivity contribution is 5.85. The summed E-state index contributed by atoms with van der Waals surface area (Å²) in [5, 5.41) is 6.91. The standard InChI is InChI=1S/C16H30N2O2.2ClH/c1-2-3-8-15(18-13-9-11-17-12-10-13)16(19)20-14-6-4-5-7-14;;/h13-15,17-18H,2-12H2,1H3;2*1H/t15-;;/m0../s1. The van der Waals surface area contributed by atoms with Gasteiger partial charge in [0.1, 0.15) is 12.1 Å². The molecule has 0 amide bonds. The minimum absolute atomic E-state index is 0. The maximum Gasteiger partial charge on any atom is 0.323 e. The molecule has 0 aromatic rings. The van der Waals surface area contributed by atoms with E-state index in [1.54, 1.807) is 0 Å². The summed E-state index contributed by atoms with van der Waals surface area (Å²) in [6.45, 7) is 4.27. The smallest absolute Gasteiger partial charge is 0.323 e. The van der Waals surface area contributed by atoms with Gasteiger partial charge in [0.05, 0.1) is 0 Å². The topological polar surface area (TPSA) is 50.4 Å². The van der Waals surface area contributed by atoms with E-state index in [-0.39, 0.29) is 42.9 Å². The van der Waals surface area contributed by atoms with Crippen LogP contribution in [0.25, 0.3) is 0 Å².